The van der Waals surface area contributed by atoms with Gasteiger partial charge in [-0.05, 0) is 84.8 Å². The highest BCUT2D eigenvalue weighted by Crippen LogP contribution is 3.03. The first kappa shape index (κ1) is 36.0. The Bertz CT molecular complexity index is 3970. The second-order valence-electron chi connectivity index (χ2n) is 20.1. The molecule has 3 spiro atoms. The number of furan rings is 1. The van der Waals surface area contributed by atoms with Crippen molar-refractivity contribution in [3.05, 3.63) is 246 Å². The maximum absolute atomic E-state index is 6.99. The van der Waals surface area contributed by atoms with Gasteiger partial charge in [0.1, 0.15) is 11.2 Å². The quantitative estimate of drug-likeness (QED) is 0.177. The van der Waals surface area contributed by atoms with Gasteiger partial charge < -0.3 is 4.42 Å². The predicted octanol–water partition coefficient (Wildman–Crippen LogP) is 14.8. The number of fused-ring (bicyclic) bond motifs is 9. The summed E-state index contributed by atoms with van der Waals surface area (Å²) in [4.78, 5) is 15.2. The van der Waals surface area contributed by atoms with Crippen LogP contribution < -0.4 is 0 Å². The molecular formula is C64H39N3O. The zero-order valence-corrected chi connectivity index (χ0v) is 36.8. The molecule has 2 heterocycles. The number of nitrogens with zero attached hydrogens (tertiary/aromatic N) is 3. The van der Waals surface area contributed by atoms with Crippen molar-refractivity contribution in [1.29, 1.82) is 0 Å². The molecule has 0 saturated heterocycles. The first-order valence-electron chi connectivity index (χ1n) is 24.1. The molecule has 11 aromatic rings. The lowest BCUT2D eigenvalue weighted by atomic mass is 9.03. The average molecular weight is 866 g/mol. The molecule has 6 aliphatic carbocycles. The third-order valence-electron chi connectivity index (χ3n) is 17.8. The largest absolute Gasteiger partial charge is 0.456 e. The van der Waals surface area contributed by atoms with Crippen LogP contribution in [0.4, 0.5) is 0 Å². The summed E-state index contributed by atoms with van der Waals surface area (Å²) in [6, 6.07) is 78.9. The molecule has 316 valence electrons. The van der Waals surface area contributed by atoms with Crippen LogP contribution in [-0.2, 0) is 16.2 Å². The summed E-state index contributed by atoms with van der Waals surface area (Å²) in [7, 11) is 0. The second-order valence-corrected chi connectivity index (χ2v) is 20.1. The minimum absolute atomic E-state index is 0.102. The molecule has 68 heavy (non-hydrogen) atoms. The number of hydrogen-bond donors (Lipinski definition) is 0. The van der Waals surface area contributed by atoms with Gasteiger partial charge in [0.15, 0.2) is 17.5 Å². The molecule has 7 unspecified atom stereocenters. The Hall–Kier alpha value is -8.21. The van der Waals surface area contributed by atoms with Crippen LogP contribution in [0.5, 0.6) is 0 Å². The van der Waals surface area contributed by atoms with Crippen molar-refractivity contribution in [2.45, 2.75) is 34.0 Å². The van der Waals surface area contributed by atoms with Crippen molar-refractivity contribution < 1.29 is 4.42 Å². The van der Waals surface area contributed by atoms with Crippen molar-refractivity contribution in [1.82, 2.24) is 15.0 Å². The number of hydrogen-bond acceptors (Lipinski definition) is 4. The predicted molar refractivity (Wildman–Crippen MR) is 269 cm³/mol. The smallest absolute Gasteiger partial charge is 0.164 e. The summed E-state index contributed by atoms with van der Waals surface area (Å²) in [6.07, 6.45) is 0. The zero-order chi connectivity index (χ0) is 44.1. The van der Waals surface area contributed by atoms with Crippen LogP contribution in [0.1, 0.15) is 51.1 Å². The van der Waals surface area contributed by atoms with Gasteiger partial charge in [0.2, 0.25) is 0 Å². The van der Waals surface area contributed by atoms with E-state index in [0.717, 1.165) is 27.9 Å². The third-order valence-corrected chi connectivity index (χ3v) is 17.8. The molecule has 0 amide bonds. The SMILES string of the molecule is c1ccc(-c2nc(-c3ccccc3)nc(-c3ccc(-c4ccc5oc6cccc7c6c5c4C45C6c8ccccc8-c8ccccc8C68C6c9ccccc9-c9ccccc9C6(C74)C85)cc3)n2)cc1. The van der Waals surface area contributed by atoms with E-state index in [0.29, 0.717) is 29.3 Å². The Morgan fingerprint density at radius 1 is 0.309 bits per heavy atom. The van der Waals surface area contributed by atoms with Gasteiger partial charge in [-0.3, -0.25) is 0 Å². The van der Waals surface area contributed by atoms with E-state index >= 15 is 0 Å². The summed E-state index contributed by atoms with van der Waals surface area (Å²) in [6.45, 7) is 0. The van der Waals surface area contributed by atoms with Gasteiger partial charge in [-0.15, -0.1) is 0 Å². The molecule has 17 rings (SSSR count). The summed E-state index contributed by atoms with van der Waals surface area (Å²) in [5, 5.41) is 2.61. The van der Waals surface area contributed by atoms with E-state index in [1.807, 2.05) is 36.4 Å². The van der Waals surface area contributed by atoms with E-state index < -0.39 is 0 Å². The third kappa shape index (κ3) is 3.82. The first-order valence-corrected chi connectivity index (χ1v) is 24.1. The molecule has 0 radical (unpaired) electrons. The molecule has 3 fully saturated rings. The highest BCUT2D eigenvalue weighted by Gasteiger charge is 3.01. The van der Waals surface area contributed by atoms with Crippen molar-refractivity contribution >= 4 is 21.9 Å². The van der Waals surface area contributed by atoms with Crippen LogP contribution in [0.15, 0.2) is 217 Å². The van der Waals surface area contributed by atoms with Crippen molar-refractivity contribution in [3.8, 4) is 67.5 Å². The van der Waals surface area contributed by atoms with Crippen LogP contribution in [0.2, 0.25) is 0 Å². The summed E-state index contributed by atoms with van der Waals surface area (Å²) < 4.78 is 6.99. The monoisotopic (exact) mass is 865 g/mol. The minimum Gasteiger partial charge on any atom is -0.456 e. The van der Waals surface area contributed by atoms with E-state index in [-0.39, 0.29) is 28.1 Å². The molecule has 3 saturated carbocycles. The number of benzene rings is 9. The van der Waals surface area contributed by atoms with Crippen molar-refractivity contribution in [3.63, 3.8) is 0 Å². The zero-order valence-electron chi connectivity index (χ0n) is 36.8. The highest BCUT2D eigenvalue weighted by molar-refractivity contribution is 6.15. The average Bonchev–Trinajstić information content (AvgIpc) is 3.81. The highest BCUT2D eigenvalue weighted by atomic mass is 16.3. The molecular weight excluding hydrogens is 827 g/mol. The fourth-order valence-corrected chi connectivity index (χ4v) is 16.3. The van der Waals surface area contributed by atoms with Gasteiger partial charge in [0.25, 0.3) is 0 Å². The minimum atomic E-state index is -0.207. The lowest BCUT2D eigenvalue weighted by molar-refractivity contribution is -0.326. The normalized spacial score (nSPS) is 25.2. The Balaban J connectivity index is 0.935. The Kier molecular flexibility index (Phi) is 6.46. The van der Waals surface area contributed by atoms with E-state index in [2.05, 4.69) is 176 Å². The first-order chi connectivity index (χ1) is 33.7. The number of aromatic nitrogens is 3. The van der Waals surface area contributed by atoms with Crippen LogP contribution in [-0.4, -0.2) is 15.0 Å². The summed E-state index contributed by atoms with van der Waals surface area (Å²) in [5.74, 6) is 3.09. The molecule has 4 nitrogen and oxygen atoms in total. The van der Waals surface area contributed by atoms with E-state index in [9.17, 15) is 0 Å². The second kappa shape index (κ2) is 12.2. The standard InChI is InChI=1S/C64H39N3O/c1-3-16-37(17-4-1)58-65-59(38-18-5-2-6-19-38)67-60(66-58)39-32-30-36(31-33-39)40-34-35-51-53-52-47(26-15-29-50(52)68-51)57-63-49-28-14-12-22-43(49)41-20-7-9-24-45(41)55(63)62-48-27-13-11-23-44(48)42-21-8-10-25-46(42)56(62)64(57,54(40)53)61(62)63/h1-35,55-57,61H. The molecule has 7 atom stereocenters. The summed E-state index contributed by atoms with van der Waals surface area (Å²) in [5.41, 5.74) is 21.5. The molecule has 0 N–H and O–H groups in total. The van der Waals surface area contributed by atoms with Gasteiger partial charge in [-0.2, -0.15) is 0 Å². The Morgan fingerprint density at radius 2 is 0.750 bits per heavy atom. The Labute approximate surface area is 392 Å². The van der Waals surface area contributed by atoms with Gasteiger partial charge in [-0.1, -0.05) is 200 Å². The molecule has 4 heteroatoms. The van der Waals surface area contributed by atoms with Crippen LogP contribution >= 0.6 is 0 Å². The van der Waals surface area contributed by atoms with Crippen LogP contribution in [0, 0.1) is 5.92 Å². The molecule has 0 aliphatic heterocycles. The van der Waals surface area contributed by atoms with Gasteiger partial charge in [0.05, 0.1) is 0 Å². The molecule has 2 aromatic heterocycles. The molecule has 6 aliphatic rings. The van der Waals surface area contributed by atoms with Crippen LogP contribution in [0.25, 0.3) is 89.5 Å². The maximum atomic E-state index is 6.99. The fourth-order valence-electron chi connectivity index (χ4n) is 16.3. The van der Waals surface area contributed by atoms with Crippen LogP contribution in [0.3, 0.4) is 0 Å². The topological polar surface area (TPSA) is 51.8 Å². The molecule has 0 bridgehead atoms. The van der Waals surface area contributed by atoms with Gasteiger partial charge in [-0.25, -0.2) is 15.0 Å². The van der Waals surface area contributed by atoms with Gasteiger partial charge >= 0.3 is 0 Å². The number of rotatable bonds is 4. The van der Waals surface area contributed by atoms with E-state index in [1.54, 1.807) is 0 Å². The van der Waals surface area contributed by atoms with Gasteiger partial charge in [0, 0.05) is 61.5 Å². The summed E-state index contributed by atoms with van der Waals surface area (Å²) >= 11 is 0. The fraction of sp³-hybridized carbons (Fsp3) is 0.109. The Morgan fingerprint density at radius 3 is 1.34 bits per heavy atom. The lowest BCUT2D eigenvalue weighted by Crippen LogP contribution is -2.97. The molecule has 9 aromatic carbocycles. The van der Waals surface area contributed by atoms with E-state index in [4.69, 9.17) is 19.4 Å². The lowest BCUT2D eigenvalue weighted by Gasteiger charge is -2.98. The van der Waals surface area contributed by atoms with Crippen molar-refractivity contribution in [2.24, 2.45) is 5.92 Å². The maximum Gasteiger partial charge on any atom is 0.164 e. The van der Waals surface area contributed by atoms with Crippen molar-refractivity contribution in [2.75, 3.05) is 0 Å². The van der Waals surface area contributed by atoms with E-state index in [1.165, 1.54) is 77.5 Å².